The molecule has 0 saturated heterocycles. The molecule has 0 atom stereocenters. The van der Waals surface area contributed by atoms with E-state index in [0.29, 0.717) is 16.8 Å². The largest absolute Gasteiger partial charge is 0.299 e. The van der Waals surface area contributed by atoms with Crippen molar-refractivity contribution < 1.29 is 14.4 Å². The molecule has 4 nitrogen and oxygen atoms in total. The number of Topliss-reactive ketones (excluding diaryl/α,β-unsaturated/α-hetero) is 2. The van der Waals surface area contributed by atoms with E-state index < -0.39 is 11.7 Å². The van der Waals surface area contributed by atoms with Crippen LogP contribution >= 0.6 is 15.9 Å². The lowest BCUT2D eigenvalue weighted by molar-refractivity contribution is -0.114. The van der Waals surface area contributed by atoms with Crippen molar-refractivity contribution in [1.82, 2.24) is 0 Å². The van der Waals surface area contributed by atoms with E-state index in [2.05, 4.69) is 15.9 Å². The molecule has 0 N–H and O–H groups in total. The molecule has 1 aliphatic heterocycles. The highest BCUT2D eigenvalue weighted by molar-refractivity contribution is 9.10. The first-order valence-electron chi connectivity index (χ1n) is 6.32. The van der Waals surface area contributed by atoms with Crippen LogP contribution < -0.4 is 4.90 Å². The summed E-state index contributed by atoms with van der Waals surface area (Å²) in [7, 11) is 0. The Labute approximate surface area is 129 Å². The molecule has 0 spiro atoms. The summed E-state index contributed by atoms with van der Waals surface area (Å²) in [6.45, 7) is -0.141. The summed E-state index contributed by atoms with van der Waals surface area (Å²) < 4.78 is 0.751. The smallest absolute Gasteiger partial charge is 0.297 e. The standard InChI is InChI=1S/C16H10BrNO3/c17-11-6-7-12-13(8-11)18(16(21)15(12)20)9-14(19)10-4-2-1-3-5-10/h1-8H,9H2. The minimum Gasteiger partial charge on any atom is -0.297 e. The number of hydrogen-bond donors (Lipinski definition) is 0. The van der Waals surface area contributed by atoms with E-state index in [1.807, 2.05) is 6.07 Å². The Bertz CT molecular complexity index is 755. The van der Waals surface area contributed by atoms with Crippen molar-refractivity contribution in [1.29, 1.82) is 0 Å². The zero-order valence-electron chi connectivity index (χ0n) is 10.9. The zero-order chi connectivity index (χ0) is 15.0. The van der Waals surface area contributed by atoms with Crippen molar-refractivity contribution in [2.24, 2.45) is 0 Å². The van der Waals surface area contributed by atoms with E-state index in [4.69, 9.17) is 0 Å². The number of nitrogens with zero attached hydrogens (tertiary/aromatic N) is 1. The van der Waals surface area contributed by atoms with Gasteiger partial charge >= 0.3 is 0 Å². The fraction of sp³-hybridized carbons (Fsp3) is 0.0625. The Hall–Kier alpha value is -2.27. The number of ketones is 2. The van der Waals surface area contributed by atoms with Crippen molar-refractivity contribution >= 4 is 39.1 Å². The van der Waals surface area contributed by atoms with Gasteiger partial charge in [-0.15, -0.1) is 0 Å². The van der Waals surface area contributed by atoms with E-state index in [0.717, 1.165) is 4.47 Å². The normalized spacial score (nSPS) is 13.5. The highest BCUT2D eigenvalue weighted by Crippen LogP contribution is 2.31. The number of halogens is 1. The Morgan fingerprint density at radius 3 is 2.48 bits per heavy atom. The van der Waals surface area contributed by atoms with Gasteiger partial charge in [0.1, 0.15) is 0 Å². The van der Waals surface area contributed by atoms with Crippen LogP contribution in [0.2, 0.25) is 0 Å². The second-order valence-electron chi connectivity index (χ2n) is 4.67. The fourth-order valence-corrected chi connectivity index (χ4v) is 2.63. The summed E-state index contributed by atoms with van der Waals surface area (Å²) in [6, 6.07) is 13.7. The van der Waals surface area contributed by atoms with Crippen LogP contribution in [0, 0.1) is 0 Å². The lowest BCUT2D eigenvalue weighted by Crippen LogP contribution is -2.34. The molecule has 1 amide bonds. The van der Waals surface area contributed by atoms with Gasteiger partial charge in [0.25, 0.3) is 11.7 Å². The molecule has 21 heavy (non-hydrogen) atoms. The third-order valence-electron chi connectivity index (χ3n) is 3.33. The highest BCUT2D eigenvalue weighted by Gasteiger charge is 2.36. The van der Waals surface area contributed by atoms with Crippen LogP contribution in [0.5, 0.6) is 0 Å². The molecule has 2 aromatic carbocycles. The molecule has 1 aliphatic rings. The maximum atomic E-state index is 12.2. The van der Waals surface area contributed by atoms with E-state index in [9.17, 15) is 14.4 Å². The molecule has 1 heterocycles. The molecule has 0 fully saturated rings. The number of benzene rings is 2. The quantitative estimate of drug-likeness (QED) is 0.636. The first-order valence-corrected chi connectivity index (χ1v) is 7.11. The molecular formula is C16H10BrNO3. The van der Waals surface area contributed by atoms with Crippen molar-refractivity contribution in [2.75, 3.05) is 11.4 Å². The summed E-state index contributed by atoms with van der Waals surface area (Å²) in [5, 5.41) is 0. The van der Waals surface area contributed by atoms with Crippen LogP contribution in [-0.4, -0.2) is 24.0 Å². The van der Waals surface area contributed by atoms with Gasteiger partial charge in [-0.2, -0.15) is 0 Å². The van der Waals surface area contributed by atoms with Crippen LogP contribution in [0.4, 0.5) is 5.69 Å². The highest BCUT2D eigenvalue weighted by atomic mass is 79.9. The van der Waals surface area contributed by atoms with Crippen LogP contribution in [0.25, 0.3) is 0 Å². The van der Waals surface area contributed by atoms with Gasteiger partial charge < -0.3 is 0 Å². The number of amides is 1. The number of anilines is 1. The summed E-state index contributed by atoms with van der Waals surface area (Å²) in [5.74, 6) is -1.43. The van der Waals surface area contributed by atoms with Crippen molar-refractivity contribution in [3.63, 3.8) is 0 Å². The Balaban J connectivity index is 1.93. The fourth-order valence-electron chi connectivity index (χ4n) is 2.28. The molecule has 0 aliphatic carbocycles. The molecule has 3 rings (SSSR count). The SMILES string of the molecule is O=C(CN1C(=O)C(=O)c2ccc(Br)cc21)c1ccccc1. The van der Waals surface area contributed by atoms with Crippen molar-refractivity contribution in [3.8, 4) is 0 Å². The molecule has 2 aromatic rings. The monoisotopic (exact) mass is 343 g/mol. The molecule has 5 heteroatoms. The first kappa shape index (κ1) is 13.7. The number of carbonyl (C=O) groups excluding carboxylic acids is 3. The van der Waals surface area contributed by atoms with Crippen molar-refractivity contribution in [3.05, 3.63) is 64.1 Å². The molecule has 0 bridgehead atoms. The maximum Gasteiger partial charge on any atom is 0.299 e. The Morgan fingerprint density at radius 1 is 1.05 bits per heavy atom. The van der Waals surface area contributed by atoms with E-state index >= 15 is 0 Å². The average molecular weight is 344 g/mol. The molecule has 104 valence electrons. The van der Waals surface area contributed by atoms with Gasteiger partial charge in [0, 0.05) is 10.0 Å². The number of hydrogen-bond acceptors (Lipinski definition) is 3. The van der Waals surface area contributed by atoms with E-state index in [-0.39, 0.29) is 12.3 Å². The summed E-state index contributed by atoms with van der Waals surface area (Å²) >= 11 is 3.31. The molecule has 0 saturated carbocycles. The van der Waals surface area contributed by atoms with Crippen LogP contribution in [-0.2, 0) is 4.79 Å². The second kappa shape index (κ2) is 5.26. The molecule has 0 radical (unpaired) electrons. The lowest BCUT2D eigenvalue weighted by atomic mass is 10.1. The van der Waals surface area contributed by atoms with E-state index in [1.165, 1.54) is 4.90 Å². The van der Waals surface area contributed by atoms with E-state index in [1.54, 1.807) is 42.5 Å². The predicted molar refractivity (Wildman–Crippen MR) is 81.6 cm³/mol. The Kier molecular flexibility index (Phi) is 3.43. The summed E-state index contributed by atoms with van der Waals surface area (Å²) in [4.78, 5) is 37.4. The van der Waals surface area contributed by atoms with Gasteiger partial charge in [-0.25, -0.2) is 0 Å². The number of fused-ring (bicyclic) bond motifs is 1. The topological polar surface area (TPSA) is 54.5 Å². The maximum absolute atomic E-state index is 12.2. The van der Waals surface area contributed by atoms with Gasteiger partial charge in [-0.1, -0.05) is 46.3 Å². The van der Waals surface area contributed by atoms with Crippen LogP contribution in [0.1, 0.15) is 20.7 Å². The van der Waals surface area contributed by atoms with Crippen LogP contribution in [0.15, 0.2) is 53.0 Å². The first-order chi connectivity index (χ1) is 10.1. The molecular weight excluding hydrogens is 334 g/mol. The number of rotatable bonds is 3. The van der Waals surface area contributed by atoms with Gasteiger partial charge in [-0.05, 0) is 18.2 Å². The van der Waals surface area contributed by atoms with Gasteiger partial charge in [-0.3, -0.25) is 19.3 Å². The van der Waals surface area contributed by atoms with Gasteiger partial charge in [0.15, 0.2) is 5.78 Å². The number of carbonyl (C=O) groups is 3. The third kappa shape index (κ3) is 2.40. The van der Waals surface area contributed by atoms with Gasteiger partial charge in [0.2, 0.25) is 0 Å². The minimum atomic E-state index is -0.660. The van der Waals surface area contributed by atoms with Crippen LogP contribution in [0.3, 0.4) is 0 Å². The summed E-state index contributed by atoms with van der Waals surface area (Å²) in [6.07, 6.45) is 0. The third-order valence-corrected chi connectivity index (χ3v) is 3.83. The lowest BCUT2D eigenvalue weighted by Gasteiger charge is -2.15. The van der Waals surface area contributed by atoms with Crippen molar-refractivity contribution in [2.45, 2.75) is 0 Å². The minimum absolute atomic E-state index is 0.141. The average Bonchev–Trinajstić information content (AvgIpc) is 2.73. The predicted octanol–water partition coefficient (Wildman–Crippen LogP) is 2.86. The zero-order valence-corrected chi connectivity index (χ0v) is 12.5. The second-order valence-corrected chi connectivity index (χ2v) is 5.59. The summed E-state index contributed by atoms with van der Waals surface area (Å²) in [5.41, 5.74) is 1.33. The Morgan fingerprint density at radius 2 is 1.76 bits per heavy atom. The van der Waals surface area contributed by atoms with Gasteiger partial charge in [0.05, 0.1) is 17.8 Å². The molecule has 0 unspecified atom stereocenters. The molecule has 0 aromatic heterocycles.